The number of rotatable bonds is 4. The lowest BCUT2D eigenvalue weighted by molar-refractivity contribution is -0.384. The van der Waals surface area contributed by atoms with Crippen LogP contribution in [0, 0.1) is 17.0 Å². The molecule has 116 valence electrons. The number of para-hydroxylation sites is 1. The highest BCUT2D eigenvalue weighted by molar-refractivity contribution is 5.67. The maximum absolute atomic E-state index is 11.1. The zero-order valence-electron chi connectivity index (χ0n) is 12.4. The normalized spacial score (nSPS) is 12.1. The summed E-state index contributed by atoms with van der Waals surface area (Å²) in [5.74, 6) is 0.719. The second-order valence-corrected chi connectivity index (χ2v) is 5.21. The summed E-state index contributed by atoms with van der Waals surface area (Å²) in [5, 5.41) is 18.0. The molecule has 3 rings (SSSR count). The van der Waals surface area contributed by atoms with Crippen molar-refractivity contribution in [3.05, 3.63) is 75.6 Å². The standard InChI is InChI=1S/C16H15N5O2/c1-10-6-8-11(9-7-10)14(17)16-18-15(19-20-16)12-4-2-3-5-13(12)21(22)23/h2-9,14H,17H2,1H3,(H,18,19,20)/t14-/m1/s1. The van der Waals surface area contributed by atoms with Gasteiger partial charge in [0.1, 0.15) is 5.82 Å². The van der Waals surface area contributed by atoms with Gasteiger partial charge in [-0.2, -0.15) is 5.10 Å². The van der Waals surface area contributed by atoms with Gasteiger partial charge < -0.3 is 5.73 Å². The molecule has 0 amide bonds. The molecule has 0 bridgehead atoms. The predicted molar refractivity (Wildman–Crippen MR) is 85.7 cm³/mol. The van der Waals surface area contributed by atoms with Crippen LogP contribution in [0.1, 0.15) is 23.0 Å². The summed E-state index contributed by atoms with van der Waals surface area (Å²) in [6, 6.07) is 13.7. The van der Waals surface area contributed by atoms with Crippen molar-refractivity contribution >= 4 is 5.69 Å². The Kier molecular flexibility index (Phi) is 3.86. The molecular weight excluding hydrogens is 294 g/mol. The molecule has 0 unspecified atom stereocenters. The molecule has 1 atom stereocenters. The first-order valence-corrected chi connectivity index (χ1v) is 7.04. The number of hydrogen-bond donors (Lipinski definition) is 2. The lowest BCUT2D eigenvalue weighted by Gasteiger charge is -2.08. The minimum absolute atomic E-state index is 0.0399. The van der Waals surface area contributed by atoms with Gasteiger partial charge in [0, 0.05) is 6.07 Å². The summed E-state index contributed by atoms with van der Waals surface area (Å²) in [4.78, 5) is 15.0. The van der Waals surface area contributed by atoms with Gasteiger partial charge in [-0.15, -0.1) is 0 Å². The highest BCUT2D eigenvalue weighted by atomic mass is 16.6. The molecule has 2 aromatic carbocycles. The van der Waals surface area contributed by atoms with Crippen molar-refractivity contribution < 1.29 is 4.92 Å². The highest BCUT2D eigenvalue weighted by Crippen LogP contribution is 2.27. The smallest absolute Gasteiger partial charge is 0.280 e. The topological polar surface area (TPSA) is 111 Å². The van der Waals surface area contributed by atoms with Gasteiger partial charge in [0.15, 0.2) is 5.82 Å². The molecule has 0 spiro atoms. The number of nitrogens with one attached hydrogen (secondary N) is 1. The Hall–Kier alpha value is -3.06. The molecule has 0 aliphatic carbocycles. The summed E-state index contributed by atoms with van der Waals surface area (Å²) in [7, 11) is 0. The summed E-state index contributed by atoms with van der Waals surface area (Å²) in [6.45, 7) is 2.00. The molecule has 3 aromatic rings. The van der Waals surface area contributed by atoms with E-state index >= 15 is 0 Å². The number of hydrogen-bond acceptors (Lipinski definition) is 5. The molecule has 0 saturated heterocycles. The van der Waals surface area contributed by atoms with Crippen molar-refractivity contribution in [3.8, 4) is 11.4 Å². The van der Waals surface area contributed by atoms with Crippen LogP contribution in [0.15, 0.2) is 48.5 Å². The number of benzene rings is 2. The Bertz CT molecular complexity index is 842. The van der Waals surface area contributed by atoms with E-state index in [0.29, 0.717) is 11.4 Å². The maximum Gasteiger partial charge on any atom is 0.280 e. The van der Waals surface area contributed by atoms with Gasteiger partial charge >= 0.3 is 0 Å². The number of aromatic amines is 1. The zero-order valence-corrected chi connectivity index (χ0v) is 12.4. The van der Waals surface area contributed by atoms with Gasteiger partial charge in [-0.3, -0.25) is 15.2 Å². The third kappa shape index (κ3) is 2.95. The monoisotopic (exact) mass is 309 g/mol. The van der Waals surface area contributed by atoms with E-state index in [9.17, 15) is 10.1 Å². The molecular formula is C16H15N5O2. The Morgan fingerprint density at radius 1 is 1.17 bits per heavy atom. The predicted octanol–water partition coefficient (Wildman–Crippen LogP) is 2.74. The maximum atomic E-state index is 11.1. The fraction of sp³-hybridized carbons (Fsp3) is 0.125. The molecule has 7 heteroatoms. The first-order chi connectivity index (χ1) is 11.1. The second-order valence-electron chi connectivity index (χ2n) is 5.21. The van der Waals surface area contributed by atoms with Crippen LogP contribution in [0.4, 0.5) is 5.69 Å². The lowest BCUT2D eigenvalue weighted by Crippen LogP contribution is -2.13. The van der Waals surface area contributed by atoms with Crippen LogP contribution in [0.3, 0.4) is 0 Å². The van der Waals surface area contributed by atoms with E-state index in [1.807, 2.05) is 31.2 Å². The van der Waals surface area contributed by atoms with E-state index in [2.05, 4.69) is 15.2 Å². The van der Waals surface area contributed by atoms with Crippen LogP contribution in [0.5, 0.6) is 0 Å². The summed E-state index contributed by atoms with van der Waals surface area (Å²) in [5.41, 5.74) is 8.53. The average molecular weight is 309 g/mol. The molecule has 7 nitrogen and oxygen atoms in total. The number of aromatic nitrogens is 3. The van der Waals surface area contributed by atoms with Crippen LogP contribution in [0.2, 0.25) is 0 Å². The third-order valence-corrected chi connectivity index (χ3v) is 3.58. The van der Waals surface area contributed by atoms with Gasteiger partial charge in [-0.25, -0.2) is 4.98 Å². The van der Waals surface area contributed by atoms with Crippen LogP contribution >= 0.6 is 0 Å². The molecule has 3 N–H and O–H groups in total. The van der Waals surface area contributed by atoms with Crippen LogP contribution in [0.25, 0.3) is 11.4 Å². The van der Waals surface area contributed by atoms with E-state index in [0.717, 1.165) is 11.1 Å². The van der Waals surface area contributed by atoms with E-state index in [-0.39, 0.29) is 11.5 Å². The highest BCUT2D eigenvalue weighted by Gasteiger charge is 2.20. The number of nitro benzene ring substituents is 1. The van der Waals surface area contributed by atoms with Crippen LogP contribution < -0.4 is 5.73 Å². The second kappa shape index (κ2) is 5.98. The number of nitrogens with zero attached hydrogens (tertiary/aromatic N) is 3. The summed E-state index contributed by atoms with van der Waals surface area (Å²) in [6.07, 6.45) is 0. The van der Waals surface area contributed by atoms with E-state index < -0.39 is 11.0 Å². The molecule has 23 heavy (non-hydrogen) atoms. The zero-order chi connectivity index (χ0) is 16.4. The van der Waals surface area contributed by atoms with E-state index in [1.54, 1.807) is 18.2 Å². The summed E-state index contributed by atoms with van der Waals surface area (Å²) < 4.78 is 0. The number of H-pyrrole nitrogens is 1. The minimum atomic E-state index is -0.473. The van der Waals surface area contributed by atoms with Crippen molar-refractivity contribution in [2.45, 2.75) is 13.0 Å². The first-order valence-electron chi connectivity index (χ1n) is 7.04. The molecule has 0 radical (unpaired) electrons. The molecule has 0 saturated carbocycles. The third-order valence-electron chi connectivity index (χ3n) is 3.58. The molecule has 0 fully saturated rings. The minimum Gasteiger partial charge on any atom is -0.318 e. The first kappa shape index (κ1) is 14.9. The number of aryl methyl sites for hydroxylation is 1. The average Bonchev–Trinajstić information content (AvgIpc) is 3.04. The Labute approximate surface area is 132 Å². The van der Waals surface area contributed by atoms with E-state index in [1.165, 1.54) is 6.07 Å². The molecule has 1 heterocycles. The van der Waals surface area contributed by atoms with E-state index in [4.69, 9.17) is 5.73 Å². The molecule has 1 aromatic heterocycles. The fourth-order valence-corrected chi connectivity index (χ4v) is 2.29. The SMILES string of the molecule is Cc1ccc([C@@H](N)c2nc(-c3ccccc3[N+](=O)[O-])n[nH]2)cc1. The van der Waals surface area contributed by atoms with Crippen molar-refractivity contribution in [2.75, 3.05) is 0 Å². The Morgan fingerprint density at radius 2 is 1.87 bits per heavy atom. The van der Waals surface area contributed by atoms with Gasteiger partial charge in [-0.05, 0) is 18.6 Å². The quantitative estimate of drug-likeness (QED) is 0.568. The fourth-order valence-electron chi connectivity index (χ4n) is 2.29. The number of nitro groups is 1. The van der Waals surface area contributed by atoms with Crippen molar-refractivity contribution in [2.24, 2.45) is 5.73 Å². The van der Waals surface area contributed by atoms with Crippen molar-refractivity contribution in [1.82, 2.24) is 15.2 Å². The lowest BCUT2D eigenvalue weighted by atomic mass is 10.1. The van der Waals surface area contributed by atoms with Gasteiger partial charge in [-0.1, -0.05) is 42.0 Å². The van der Waals surface area contributed by atoms with Crippen LogP contribution in [-0.2, 0) is 0 Å². The largest absolute Gasteiger partial charge is 0.318 e. The number of nitrogens with two attached hydrogens (primary N) is 1. The van der Waals surface area contributed by atoms with Gasteiger partial charge in [0.2, 0.25) is 0 Å². The van der Waals surface area contributed by atoms with Crippen molar-refractivity contribution in [1.29, 1.82) is 0 Å². The van der Waals surface area contributed by atoms with Gasteiger partial charge in [0.05, 0.1) is 16.5 Å². The van der Waals surface area contributed by atoms with Crippen molar-refractivity contribution in [3.63, 3.8) is 0 Å². The summed E-state index contributed by atoms with van der Waals surface area (Å²) >= 11 is 0. The van der Waals surface area contributed by atoms with Gasteiger partial charge in [0.25, 0.3) is 5.69 Å². The molecule has 0 aliphatic rings. The Balaban J connectivity index is 1.95. The van der Waals surface area contributed by atoms with Crippen LogP contribution in [-0.4, -0.2) is 20.1 Å². The Morgan fingerprint density at radius 3 is 2.57 bits per heavy atom. The molecule has 0 aliphatic heterocycles.